The van der Waals surface area contributed by atoms with Gasteiger partial charge in [0.15, 0.2) is 0 Å². The number of fused-ring (bicyclic) bond motifs is 1. The molecule has 0 spiro atoms. The lowest BCUT2D eigenvalue weighted by Crippen LogP contribution is -2.63. The smallest absolute Gasteiger partial charge is 0.410 e. The second kappa shape index (κ2) is 13.6. The summed E-state index contributed by atoms with van der Waals surface area (Å²) < 4.78 is 5.57. The lowest BCUT2D eigenvalue weighted by atomic mass is 9.79. The zero-order chi connectivity index (χ0) is 31.6. The average molecular weight is 637 g/mol. The van der Waals surface area contributed by atoms with Gasteiger partial charge in [-0.1, -0.05) is 6.92 Å². The molecule has 43 heavy (non-hydrogen) atoms. The first kappa shape index (κ1) is 32.6. The van der Waals surface area contributed by atoms with Gasteiger partial charge in [-0.25, -0.2) is 9.59 Å². The van der Waals surface area contributed by atoms with Gasteiger partial charge in [-0.05, 0) is 31.0 Å². The number of ether oxygens (including phenoxy) is 1. The van der Waals surface area contributed by atoms with Crippen LogP contribution in [0, 0.1) is 22.0 Å². The number of thioether (sulfide) groups is 2. The third kappa shape index (κ3) is 6.93. The Bertz CT molecular complexity index is 1300. The largest absolute Gasteiger partial charge is 0.477 e. The second-order valence-electron chi connectivity index (χ2n) is 11.1. The van der Waals surface area contributed by atoms with Crippen LogP contribution in [0.1, 0.15) is 32.3 Å². The molecule has 0 radical (unpaired) electrons. The number of amides is 3. The molecule has 3 heterocycles. The van der Waals surface area contributed by atoms with Crippen molar-refractivity contribution in [2.24, 2.45) is 11.8 Å². The van der Waals surface area contributed by atoms with Crippen LogP contribution in [0.15, 0.2) is 34.9 Å². The number of rotatable bonds is 12. The minimum Gasteiger partial charge on any atom is -0.477 e. The highest BCUT2D eigenvalue weighted by molar-refractivity contribution is 8.03. The van der Waals surface area contributed by atoms with E-state index in [0.29, 0.717) is 34.8 Å². The van der Waals surface area contributed by atoms with Crippen molar-refractivity contribution >= 4 is 53.1 Å². The molecule has 1 unspecified atom stereocenters. The number of nitro benzene ring substituents is 1. The van der Waals surface area contributed by atoms with Gasteiger partial charge in [-0.2, -0.15) is 11.8 Å². The van der Waals surface area contributed by atoms with E-state index in [-0.39, 0.29) is 47.7 Å². The molecule has 0 bridgehead atoms. The van der Waals surface area contributed by atoms with Gasteiger partial charge in [0.25, 0.3) is 5.69 Å². The van der Waals surface area contributed by atoms with Crippen LogP contribution in [-0.2, 0) is 25.7 Å². The summed E-state index contributed by atoms with van der Waals surface area (Å²) >= 11 is 2.90. The van der Waals surface area contributed by atoms with Crippen molar-refractivity contribution in [3.63, 3.8) is 0 Å². The summed E-state index contributed by atoms with van der Waals surface area (Å²) in [6.45, 7) is 3.60. The van der Waals surface area contributed by atoms with E-state index in [1.54, 1.807) is 30.8 Å². The second-order valence-corrected chi connectivity index (χ2v) is 13.6. The van der Waals surface area contributed by atoms with Gasteiger partial charge < -0.3 is 29.6 Å². The Morgan fingerprint density at radius 2 is 1.91 bits per heavy atom. The molecule has 15 heteroatoms. The van der Waals surface area contributed by atoms with Crippen LogP contribution < -0.4 is 0 Å². The molecule has 6 atom stereocenters. The quantitative estimate of drug-likeness (QED) is 0.150. The SMILES string of the molecule is C[C@H]1C(S[C@H]2C[C@@H](CSCCC(=O)N(C)C)N(C(=O)OCc3ccc([N+](=O)[O-])cc3)C2)=C(C(=O)O)N2C(=O)[C@H]([C@@H](C)O)C12. The fourth-order valence-corrected chi connectivity index (χ4v) is 8.38. The van der Waals surface area contributed by atoms with E-state index in [4.69, 9.17) is 4.74 Å². The standard InChI is InChI=1S/C28H36N4O9S2/c1-15-23-22(16(2)33)26(35)31(23)24(27(36)37)25(15)43-20-11-19(14-42-10-9-21(34)29(3)4)30(12-20)28(38)41-13-17-5-7-18(8-6-17)32(39)40/h5-8,15-16,19-20,22-23,33H,9-14H2,1-4H3,(H,36,37)/t15-,16-,19+,20+,22-,23?/m1/s1. The maximum atomic E-state index is 13.3. The molecular weight excluding hydrogens is 600 g/mol. The van der Waals surface area contributed by atoms with Gasteiger partial charge in [0.1, 0.15) is 12.3 Å². The van der Waals surface area contributed by atoms with Gasteiger partial charge in [0.2, 0.25) is 11.8 Å². The predicted molar refractivity (Wildman–Crippen MR) is 160 cm³/mol. The van der Waals surface area contributed by atoms with Crippen LogP contribution in [0.25, 0.3) is 0 Å². The molecule has 0 saturated carbocycles. The van der Waals surface area contributed by atoms with Crippen LogP contribution in [0.5, 0.6) is 0 Å². The highest BCUT2D eigenvalue weighted by atomic mass is 32.2. The highest BCUT2D eigenvalue weighted by Gasteiger charge is 2.60. The molecule has 3 amide bonds. The van der Waals surface area contributed by atoms with Crippen molar-refractivity contribution < 1.29 is 39.1 Å². The molecule has 0 aromatic heterocycles. The molecule has 2 fully saturated rings. The number of carboxylic acid groups (broad SMARTS) is 1. The number of non-ortho nitro benzene ring substituents is 1. The Hall–Kier alpha value is -3.30. The van der Waals surface area contributed by atoms with E-state index in [1.807, 2.05) is 6.92 Å². The van der Waals surface area contributed by atoms with E-state index in [9.17, 15) is 39.5 Å². The van der Waals surface area contributed by atoms with Crippen molar-refractivity contribution in [3.8, 4) is 0 Å². The van der Waals surface area contributed by atoms with Crippen LogP contribution in [0.4, 0.5) is 10.5 Å². The number of likely N-dealkylation sites (tertiary alicyclic amines) is 1. The van der Waals surface area contributed by atoms with Gasteiger partial charge in [0.05, 0.1) is 23.0 Å². The number of hydrogen-bond donors (Lipinski definition) is 2. The van der Waals surface area contributed by atoms with Crippen LogP contribution >= 0.6 is 23.5 Å². The number of aliphatic carboxylic acids is 1. The van der Waals surface area contributed by atoms with Gasteiger partial charge in [0, 0.05) is 72.8 Å². The lowest BCUT2D eigenvalue weighted by Gasteiger charge is -2.46. The molecule has 1 aromatic carbocycles. The first-order chi connectivity index (χ1) is 20.3. The number of nitro groups is 1. The molecule has 2 saturated heterocycles. The normalized spacial score (nSPS) is 25.3. The minimum atomic E-state index is -1.20. The number of hydrogen-bond acceptors (Lipinski definition) is 10. The van der Waals surface area contributed by atoms with Crippen molar-refractivity contribution in [3.05, 3.63) is 50.5 Å². The molecule has 3 aliphatic rings. The fourth-order valence-electron chi connectivity index (χ4n) is 5.74. The topological polar surface area (TPSA) is 171 Å². The van der Waals surface area contributed by atoms with Crippen molar-refractivity contribution in [2.75, 3.05) is 32.1 Å². The summed E-state index contributed by atoms with van der Waals surface area (Å²) in [4.78, 5) is 65.6. The Morgan fingerprint density at radius 1 is 1.23 bits per heavy atom. The molecule has 0 aliphatic carbocycles. The number of carbonyl (C=O) groups is 4. The van der Waals surface area contributed by atoms with Gasteiger partial charge >= 0.3 is 12.1 Å². The zero-order valence-electron chi connectivity index (χ0n) is 24.4. The van der Waals surface area contributed by atoms with E-state index in [1.165, 1.54) is 52.8 Å². The Kier molecular flexibility index (Phi) is 10.3. The first-order valence-corrected chi connectivity index (χ1v) is 15.9. The number of benzene rings is 1. The van der Waals surface area contributed by atoms with E-state index in [2.05, 4.69) is 0 Å². The Balaban J connectivity index is 1.46. The number of carboxylic acids is 1. The van der Waals surface area contributed by atoms with Crippen LogP contribution in [0.2, 0.25) is 0 Å². The molecule has 2 N–H and O–H groups in total. The summed E-state index contributed by atoms with van der Waals surface area (Å²) in [6, 6.07) is 5.06. The summed E-state index contributed by atoms with van der Waals surface area (Å²) in [7, 11) is 3.39. The van der Waals surface area contributed by atoms with Gasteiger partial charge in [-0.3, -0.25) is 19.7 Å². The molecule has 3 aliphatic heterocycles. The van der Waals surface area contributed by atoms with E-state index < -0.39 is 41.0 Å². The third-order valence-electron chi connectivity index (χ3n) is 7.99. The van der Waals surface area contributed by atoms with Crippen LogP contribution in [0.3, 0.4) is 0 Å². The third-order valence-corrected chi connectivity index (χ3v) is 10.6. The summed E-state index contributed by atoms with van der Waals surface area (Å²) in [5.41, 5.74) is 0.466. The molecular formula is C28H36N4O9S2. The van der Waals surface area contributed by atoms with E-state index in [0.717, 1.165) is 0 Å². The Morgan fingerprint density at radius 3 is 2.49 bits per heavy atom. The number of aliphatic hydroxyl groups excluding tert-OH is 1. The number of aliphatic hydroxyl groups is 1. The highest BCUT2D eigenvalue weighted by Crippen LogP contribution is 2.52. The molecule has 234 valence electrons. The Labute approximate surface area is 257 Å². The maximum absolute atomic E-state index is 13.3. The minimum absolute atomic E-state index is 0.00440. The average Bonchev–Trinajstić information content (AvgIpc) is 3.46. The molecule has 1 aromatic rings. The predicted octanol–water partition coefficient (Wildman–Crippen LogP) is 2.77. The van der Waals surface area contributed by atoms with Gasteiger partial charge in [-0.15, -0.1) is 11.8 Å². The molecule has 13 nitrogen and oxygen atoms in total. The fraction of sp³-hybridized carbons (Fsp3) is 0.571. The molecule has 4 rings (SSSR count). The van der Waals surface area contributed by atoms with Crippen molar-refractivity contribution in [1.29, 1.82) is 0 Å². The van der Waals surface area contributed by atoms with Crippen LogP contribution in [-0.4, -0.2) is 109 Å². The monoisotopic (exact) mass is 636 g/mol. The zero-order valence-corrected chi connectivity index (χ0v) is 26.0. The maximum Gasteiger partial charge on any atom is 0.410 e. The number of β-lactam (4-membered cyclic amide) rings is 1. The summed E-state index contributed by atoms with van der Waals surface area (Å²) in [5.74, 6) is -1.44. The van der Waals surface area contributed by atoms with Crippen molar-refractivity contribution in [2.45, 2.75) is 56.7 Å². The van der Waals surface area contributed by atoms with Crippen molar-refractivity contribution in [1.82, 2.24) is 14.7 Å². The summed E-state index contributed by atoms with van der Waals surface area (Å²) in [5, 5.41) is 30.9. The van der Waals surface area contributed by atoms with E-state index >= 15 is 0 Å². The summed E-state index contributed by atoms with van der Waals surface area (Å²) in [6.07, 6.45) is -0.553. The lowest BCUT2D eigenvalue weighted by molar-refractivity contribution is -0.384. The first-order valence-electron chi connectivity index (χ1n) is 13.9. The number of nitrogens with zero attached hydrogens (tertiary/aromatic N) is 4. The number of carbonyl (C=O) groups excluding carboxylic acids is 3.